The van der Waals surface area contributed by atoms with E-state index in [0.717, 1.165) is 11.4 Å². The first-order valence-electron chi connectivity index (χ1n) is 7.24. The van der Waals surface area contributed by atoms with Crippen LogP contribution in [0.5, 0.6) is 5.75 Å². The Kier molecular flexibility index (Phi) is 8.07. The molecule has 0 saturated carbocycles. The molecule has 0 aliphatic carbocycles. The number of hydrogen-bond acceptors (Lipinski definition) is 3. The number of hydrogen-bond donors (Lipinski definition) is 1. The molecule has 1 unspecified atom stereocenters. The molecule has 0 fully saturated rings. The molecule has 3 heteroatoms. The Morgan fingerprint density at radius 1 is 1.21 bits per heavy atom. The number of unbranched alkanes of at least 4 members (excludes halogenated alkanes) is 2. The van der Waals surface area contributed by atoms with Gasteiger partial charge in [-0.15, -0.1) is 0 Å². The summed E-state index contributed by atoms with van der Waals surface area (Å²) in [5.41, 5.74) is 1.12. The third-order valence-electron chi connectivity index (χ3n) is 3.04. The highest BCUT2D eigenvalue weighted by Crippen LogP contribution is 2.19. The van der Waals surface area contributed by atoms with E-state index in [4.69, 9.17) is 9.47 Å². The zero-order valence-electron chi connectivity index (χ0n) is 12.4. The average molecular weight is 265 g/mol. The van der Waals surface area contributed by atoms with Crippen LogP contribution in [0.1, 0.15) is 39.5 Å². The molecule has 0 spiro atoms. The molecule has 1 atom stereocenters. The van der Waals surface area contributed by atoms with Gasteiger partial charge in [-0.25, -0.2) is 0 Å². The van der Waals surface area contributed by atoms with Crippen LogP contribution in [0, 0.1) is 0 Å². The first-order chi connectivity index (χ1) is 9.26. The maximum Gasteiger partial charge on any atom is 0.121 e. The van der Waals surface area contributed by atoms with E-state index >= 15 is 0 Å². The van der Waals surface area contributed by atoms with Gasteiger partial charge in [0, 0.05) is 24.9 Å². The van der Waals surface area contributed by atoms with Gasteiger partial charge in [0.1, 0.15) is 12.4 Å². The normalized spacial score (nSPS) is 12.2. The minimum absolute atomic E-state index is 0.501. The molecule has 1 aromatic carbocycles. The van der Waals surface area contributed by atoms with Crippen molar-refractivity contribution in [2.45, 2.75) is 45.6 Å². The highest BCUT2D eigenvalue weighted by molar-refractivity contribution is 5.48. The fourth-order valence-electron chi connectivity index (χ4n) is 1.98. The van der Waals surface area contributed by atoms with E-state index in [1.807, 2.05) is 18.2 Å². The zero-order chi connectivity index (χ0) is 13.9. The van der Waals surface area contributed by atoms with Gasteiger partial charge in [0.25, 0.3) is 0 Å². The lowest BCUT2D eigenvalue weighted by atomic mass is 10.1. The Balaban J connectivity index is 2.38. The standard InChI is InChI=1S/C16H27NO2/c1-4-5-6-8-14(2)17-15-9-7-10-16(13-15)19-12-11-18-3/h7,9-10,13-14,17H,4-6,8,11-12H2,1-3H3. The van der Waals surface area contributed by atoms with Crippen LogP contribution in [-0.2, 0) is 4.74 Å². The van der Waals surface area contributed by atoms with E-state index in [0.29, 0.717) is 19.3 Å². The molecule has 0 radical (unpaired) electrons. The number of anilines is 1. The molecule has 0 bridgehead atoms. The summed E-state index contributed by atoms with van der Waals surface area (Å²) >= 11 is 0. The number of nitrogens with one attached hydrogen (secondary N) is 1. The minimum atomic E-state index is 0.501. The fraction of sp³-hybridized carbons (Fsp3) is 0.625. The van der Waals surface area contributed by atoms with Crippen molar-refractivity contribution in [1.82, 2.24) is 0 Å². The van der Waals surface area contributed by atoms with Crippen LogP contribution in [0.25, 0.3) is 0 Å². The number of benzene rings is 1. The van der Waals surface area contributed by atoms with E-state index in [1.54, 1.807) is 7.11 Å². The molecule has 1 rings (SSSR count). The first kappa shape index (κ1) is 15.8. The second-order valence-electron chi connectivity index (χ2n) is 4.91. The topological polar surface area (TPSA) is 30.5 Å². The van der Waals surface area contributed by atoms with E-state index in [9.17, 15) is 0 Å². The monoisotopic (exact) mass is 265 g/mol. The molecular weight excluding hydrogens is 238 g/mol. The predicted molar refractivity (Wildman–Crippen MR) is 81.0 cm³/mol. The van der Waals surface area contributed by atoms with Gasteiger partial charge >= 0.3 is 0 Å². The molecule has 3 nitrogen and oxygen atoms in total. The van der Waals surface area contributed by atoms with Gasteiger partial charge in [-0.3, -0.25) is 0 Å². The smallest absolute Gasteiger partial charge is 0.121 e. The van der Waals surface area contributed by atoms with Crippen molar-refractivity contribution < 1.29 is 9.47 Å². The molecule has 1 N–H and O–H groups in total. The van der Waals surface area contributed by atoms with Crippen LogP contribution < -0.4 is 10.1 Å². The molecule has 0 heterocycles. The van der Waals surface area contributed by atoms with E-state index < -0.39 is 0 Å². The van der Waals surface area contributed by atoms with Gasteiger partial charge in [-0.05, 0) is 25.5 Å². The summed E-state index contributed by atoms with van der Waals surface area (Å²) in [6.07, 6.45) is 5.08. The van der Waals surface area contributed by atoms with E-state index in [2.05, 4.69) is 25.2 Å². The van der Waals surface area contributed by atoms with E-state index in [-0.39, 0.29) is 0 Å². The van der Waals surface area contributed by atoms with Crippen LogP contribution >= 0.6 is 0 Å². The molecule has 0 amide bonds. The third kappa shape index (κ3) is 7.06. The van der Waals surface area contributed by atoms with Crippen molar-refractivity contribution in [1.29, 1.82) is 0 Å². The molecule has 0 aromatic heterocycles. The highest BCUT2D eigenvalue weighted by atomic mass is 16.5. The Hall–Kier alpha value is -1.22. The van der Waals surface area contributed by atoms with E-state index in [1.165, 1.54) is 25.7 Å². The number of methoxy groups -OCH3 is 1. The van der Waals surface area contributed by atoms with Crippen molar-refractivity contribution in [3.63, 3.8) is 0 Å². The van der Waals surface area contributed by atoms with Gasteiger partial charge in [-0.2, -0.15) is 0 Å². The summed E-state index contributed by atoms with van der Waals surface area (Å²) in [4.78, 5) is 0. The summed E-state index contributed by atoms with van der Waals surface area (Å²) in [6, 6.07) is 8.62. The Labute approximate surface area is 117 Å². The van der Waals surface area contributed by atoms with Crippen LogP contribution in [0.15, 0.2) is 24.3 Å². The van der Waals surface area contributed by atoms with Crippen molar-refractivity contribution >= 4 is 5.69 Å². The Morgan fingerprint density at radius 2 is 2.05 bits per heavy atom. The molecular formula is C16H27NO2. The Bertz CT molecular complexity index is 341. The van der Waals surface area contributed by atoms with Gasteiger partial charge < -0.3 is 14.8 Å². The quantitative estimate of drug-likeness (QED) is 0.646. The zero-order valence-corrected chi connectivity index (χ0v) is 12.4. The summed E-state index contributed by atoms with van der Waals surface area (Å²) in [5.74, 6) is 0.891. The second-order valence-corrected chi connectivity index (χ2v) is 4.91. The van der Waals surface area contributed by atoms with Crippen LogP contribution in [0.4, 0.5) is 5.69 Å². The molecule has 0 aliphatic heterocycles. The summed E-state index contributed by atoms with van der Waals surface area (Å²) in [5, 5.41) is 3.52. The van der Waals surface area contributed by atoms with Gasteiger partial charge in [0.15, 0.2) is 0 Å². The maximum absolute atomic E-state index is 5.60. The van der Waals surface area contributed by atoms with Crippen molar-refractivity contribution in [2.75, 3.05) is 25.6 Å². The summed E-state index contributed by atoms with van der Waals surface area (Å²) in [6.45, 7) is 5.67. The summed E-state index contributed by atoms with van der Waals surface area (Å²) < 4.78 is 10.6. The lowest BCUT2D eigenvalue weighted by Gasteiger charge is -2.16. The predicted octanol–water partition coefficient (Wildman–Crippen LogP) is 4.09. The Morgan fingerprint density at radius 3 is 2.79 bits per heavy atom. The second kappa shape index (κ2) is 9.68. The van der Waals surface area contributed by atoms with Gasteiger partial charge in [0.05, 0.1) is 6.61 Å². The largest absolute Gasteiger partial charge is 0.491 e. The number of ether oxygens (including phenoxy) is 2. The SMILES string of the molecule is CCCCCC(C)Nc1cccc(OCCOC)c1. The number of rotatable bonds is 10. The lowest BCUT2D eigenvalue weighted by molar-refractivity contribution is 0.146. The third-order valence-corrected chi connectivity index (χ3v) is 3.04. The first-order valence-corrected chi connectivity index (χ1v) is 7.24. The molecule has 19 heavy (non-hydrogen) atoms. The lowest BCUT2D eigenvalue weighted by Crippen LogP contribution is -2.14. The van der Waals surface area contributed by atoms with Crippen molar-refractivity contribution in [3.05, 3.63) is 24.3 Å². The minimum Gasteiger partial charge on any atom is -0.491 e. The van der Waals surface area contributed by atoms with Crippen LogP contribution in [-0.4, -0.2) is 26.4 Å². The van der Waals surface area contributed by atoms with Gasteiger partial charge in [-0.1, -0.05) is 32.3 Å². The molecule has 108 valence electrons. The average Bonchev–Trinajstić information content (AvgIpc) is 2.40. The van der Waals surface area contributed by atoms with Crippen LogP contribution in [0.2, 0.25) is 0 Å². The highest BCUT2D eigenvalue weighted by Gasteiger charge is 2.03. The summed E-state index contributed by atoms with van der Waals surface area (Å²) in [7, 11) is 1.68. The molecule has 0 aliphatic rings. The maximum atomic E-state index is 5.60. The molecule has 0 saturated heterocycles. The van der Waals surface area contributed by atoms with Crippen LogP contribution in [0.3, 0.4) is 0 Å². The fourth-order valence-corrected chi connectivity index (χ4v) is 1.98. The van der Waals surface area contributed by atoms with Crippen molar-refractivity contribution in [3.8, 4) is 5.75 Å². The van der Waals surface area contributed by atoms with Gasteiger partial charge in [0.2, 0.25) is 0 Å². The van der Waals surface area contributed by atoms with Crippen molar-refractivity contribution in [2.24, 2.45) is 0 Å². The molecule has 1 aromatic rings.